The standard InChI is InChI=1S/C12H24N2O3.2ClH/c1-13(2)7-9-11(14-5-3-4-6-14)12(16)10(8-15)17-9;;/h9-12,15-16H,3-8H2,1-2H3;2*1H/t9-,10+,11+,12-;;/m1../s1. The lowest BCUT2D eigenvalue weighted by atomic mass is 10.0. The van der Waals surface area contributed by atoms with Gasteiger partial charge < -0.3 is 19.8 Å². The van der Waals surface area contributed by atoms with Crippen LogP contribution in [0.2, 0.25) is 0 Å². The fourth-order valence-corrected chi connectivity index (χ4v) is 2.98. The first-order chi connectivity index (χ1) is 8.13. The van der Waals surface area contributed by atoms with Gasteiger partial charge in [0.1, 0.15) is 12.2 Å². The Hall–Kier alpha value is 0.380. The lowest BCUT2D eigenvalue weighted by Crippen LogP contribution is -2.49. The molecular weight excluding hydrogens is 291 g/mol. The summed E-state index contributed by atoms with van der Waals surface area (Å²) >= 11 is 0. The Morgan fingerprint density at radius 1 is 1.16 bits per heavy atom. The Balaban J connectivity index is 0.00000162. The van der Waals surface area contributed by atoms with Crippen LogP contribution in [0.5, 0.6) is 0 Å². The second kappa shape index (κ2) is 8.62. The third-order valence-corrected chi connectivity index (χ3v) is 3.75. The van der Waals surface area contributed by atoms with Gasteiger partial charge >= 0.3 is 0 Å². The van der Waals surface area contributed by atoms with Gasteiger partial charge in [-0.25, -0.2) is 0 Å². The highest BCUT2D eigenvalue weighted by atomic mass is 35.5. The number of nitrogens with zero attached hydrogens (tertiary/aromatic N) is 2. The van der Waals surface area contributed by atoms with Crippen LogP contribution in [0.1, 0.15) is 12.8 Å². The third kappa shape index (κ3) is 4.43. The van der Waals surface area contributed by atoms with Crippen LogP contribution in [0.25, 0.3) is 0 Å². The zero-order valence-electron chi connectivity index (χ0n) is 11.6. The summed E-state index contributed by atoms with van der Waals surface area (Å²) in [5, 5.41) is 19.5. The van der Waals surface area contributed by atoms with Crippen molar-refractivity contribution in [2.24, 2.45) is 0 Å². The molecule has 19 heavy (non-hydrogen) atoms. The number of halogens is 2. The minimum Gasteiger partial charge on any atom is -0.394 e. The smallest absolute Gasteiger partial charge is 0.109 e. The predicted octanol–water partition coefficient (Wildman–Crippen LogP) is -0.0234. The van der Waals surface area contributed by atoms with Crippen LogP contribution < -0.4 is 0 Å². The van der Waals surface area contributed by atoms with E-state index >= 15 is 0 Å². The van der Waals surface area contributed by atoms with Crippen molar-refractivity contribution in [1.82, 2.24) is 9.80 Å². The van der Waals surface area contributed by atoms with Gasteiger partial charge in [0.15, 0.2) is 0 Å². The van der Waals surface area contributed by atoms with Crippen LogP contribution >= 0.6 is 24.8 Å². The van der Waals surface area contributed by atoms with Gasteiger partial charge in [0.05, 0.1) is 18.8 Å². The monoisotopic (exact) mass is 316 g/mol. The van der Waals surface area contributed by atoms with Gasteiger partial charge in [-0.15, -0.1) is 24.8 Å². The molecule has 2 N–H and O–H groups in total. The van der Waals surface area contributed by atoms with E-state index in [4.69, 9.17) is 4.74 Å². The average molecular weight is 317 g/mol. The molecule has 2 fully saturated rings. The SMILES string of the molecule is CN(C)C[C@H]1O[C@@H](CO)[C@@H](O)[C@H]1N1CCCC1.Cl.Cl. The van der Waals surface area contributed by atoms with Gasteiger partial charge in [0, 0.05) is 6.54 Å². The van der Waals surface area contributed by atoms with Crippen molar-refractivity contribution < 1.29 is 14.9 Å². The second-order valence-electron chi connectivity index (χ2n) is 5.38. The van der Waals surface area contributed by atoms with Crippen molar-refractivity contribution in [3.63, 3.8) is 0 Å². The van der Waals surface area contributed by atoms with Crippen LogP contribution in [0.3, 0.4) is 0 Å². The van der Waals surface area contributed by atoms with E-state index in [9.17, 15) is 10.2 Å². The third-order valence-electron chi connectivity index (χ3n) is 3.75. The number of aliphatic hydroxyl groups is 2. The molecule has 7 heteroatoms. The molecule has 0 bridgehead atoms. The minimum absolute atomic E-state index is 0. The normalized spacial score (nSPS) is 35.2. The molecule has 2 aliphatic rings. The van der Waals surface area contributed by atoms with Gasteiger partial charge in [-0.2, -0.15) is 0 Å². The van der Waals surface area contributed by atoms with Crippen LogP contribution in [0.15, 0.2) is 0 Å². The molecule has 0 radical (unpaired) electrons. The highest BCUT2D eigenvalue weighted by molar-refractivity contribution is 5.85. The highest BCUT2D eigenvalue weighted by Gasteiger charge is 2.46. The fraction of sp³-hybridized carbons (Fsp3) is 1.00. The quantitative estimate of drug-likeness (QED) is 0.763. The van der Waals surface area contributed by atoms with Crippen LogP contribution in [0, 0.1) is 0 Å². The van der Waals surface area contributed by atoms with E-state index < -0.39 is 12.2 Å². The van der Waals surface area contributed by atoms with Crippen molar-refractivity contribution in [3.05, 3.63) is 0 Å². The molecule has 0 spiro atoms. The summed E-state index contributed by atoms with van der Waals surface area (Å²) in [6.45, 7) is 2.75. The molecular formula is C12H26Cl2N2O3. The molecule has 0 aromatic rings. The molecule has 0 amide bonds. The number of likely N-dealkylation sites (N-methyl/N-ethyl adjacent to an activating group) is 1. The topological polar surface area (TPSA) is 56.2 Å². The van der Waals surface area contributed by atoms with Gasteiger partial charge in [-0.05, 0) is 40.0 Å². The summed E-state index contributed by atoms with van der Waals surface area (Å²) in [5.74, 6) is 0. The Labute approximate surface area is 127 Å². The van der Waals surface area contributed by atoms with E-state index in [1.807, 2.05) is 14.1 Å². The second-order valence-corrected chi connectivity index (χ2v) is 5.38. The lowest BCUT2D eigenvalue weighted by Gasteiger charge is -2.31. The summed E-state index contributed by atoms with van der Waals surface area (Å²) in [7, 11) is 4.01. The number of ether oxygens (including phenoxy) is 1. The van der Waals surface area contributed by atoms with Gasteiger partial charge in [0.25, 0.3) is 0 Å². The Morgan fingerprint density at radius 3 is 2.21 bits per heavy atom. The first-order valence-electron chi connectivity index (χ1n) is 6.46. The van der Waals surface area contributed by atoms with E-state index in [0.717, 1.165) is 19.6 Å². The van der Waals surface area contributed by atoms with E-state index in [1.165, 1.54) is 12.8 Å². The first kappa shape index (κ1) is 19.4. The molecule has 2 aliphatic heterocycles. The van der Waals surface area contributed by atoms with Gasteiger partial charge in [0.2, 0.25) is 0 Å². The zero-order valence-corrected chi connectivity index (χ0v) is 13.2. The van der Waals surface area contributed by atoms with Crippen molar-refractivity contribution in [1.29, 1.82) is 0 Å². The maximum atomic E-state index is 10.2. The summed E-state index contributed by atoms with van der Waals surface area (Å²) in [5.41, 5.74) is 0. The van der Waals surface area contributed by atoms with Gasteiger partial charge in [-0.1, -0.05) is 0 Å². The summed E-state index contributed by atoms with van der Waals surface area (Å²) in [6.07, 6.45) is 1.40. The van der Waals surface area contributed by atoms with Crippen LogP contribution in [-0.4, -0.2) is 84.7 Å². The largest absolute Gasteiger partial charge is 0.394 e. The molecule has 0 aromatic carbocycles. The Bertz CT molecular complexity index is 253. The summed E-state index contributed by atoms with van der Waals surface area (Å²) in [6, 6.07) is 0.0389. The van der Waals surface area contributed by atoms with E-state index in [2.05, 4.69) is 9.80 Å². The molecule has 0 aromatic heterocycles. The minimum atomic E-state index is -0.567. The predicted molar refractivity (Wildman–Crippen MR) is 79.4 cm³/mol. The van der Waals surface area contributed by atoms with Crippen molar-refractivity contribution in [2.45, 2.75) is 37.2 Å². The van der Waals surface area contributed by atoms with Gasteiger partial charge in [-0.3, -0.25) is 4.90 Å². The number of aliphatic hydroxyl groups excluding tert-OH is 2. The van der Waals surface area contributed by atoms with Crippen molar-refractivity contribution in [2.75, 3.05) is 40.3 Å². The number of hydrogen-bond donors (Lipinski definition) is 2. The highest BCUT2D eigenvalue weighted by Crippen LogP contribution is 2.28. The lowest BCUT2D eigenvalue weighted by molar-refractivity contribution is -0.0273. The van der Waals surface area contributed by atoms with Crippen molar-refractivity contribution >= 4 is 24.8 Å². The maximum Gasteiger partial charge on any atom is 0.109 e. The molecule has 0 unspecified atom stereocenters. The zero-order chi connectivity index (χ0) is 12.4. The summed E-state index contributed by atoms with van der Waals surface area (Å²) in [4.78, 5) is 4.38. The maximum absolute atomic E-state index is 10.2. The average Bonchev–Trinajstić information content (AvgIpc) is 2.85. The molecule has 5 nitrogen and oxygen atoms in total. The van der Waals surface area contributed by atoms with Crippen LogP contribution in [-0.2, 0) is 4.74 Å². The first-order valence-corrected chi connectivity index (χ1v) is 6.46. The molecule has 2 heterocycles. The molecule has 2 saturated heterocycles. The molecule has 4 atom stereocenters. The Morgan fingerprint density at radius 2 is 1.74 bits per heavy atom. The van der Waals surface area contributed by atoms with E-state index in [0.29, 0.717) is 0 Å². The van der Waals surface area contributed by atoms with Crippen LogP contribution in [0.4, 0.5) is 0 Å². The van der Waals surface area contributed by atoms with Crippen molar-refractivity contribution in [3.8, 4) is 0 Å². The van der Waals surface area contributed by atoms with E-state index in [1.54, 1.807) is 0 Å². The number of hydrogen-bond acceptors (Lipinski definition) is 5. The number of likely N-dealkylation sites (tertiary alicyclic amines) is 1. The Kier molecular flexibility index (Phi) is 8.79. The summed E-state index contributed by atoms with van der Waals surface area (Å²) < 4.78 is 5.78. The van der Waals surface area contributed by atoms with E-state index in [-0.39, 0.29) is 43.6 Å². The fourth-order valence-electron chi connectivity index (χ4n) is 2.98. The molecule has 0 saturated carbocycles. The molecule has 0 aliphatic carbocycles. The molecule has 2 rings (SSSR count). The number of rotatable bonds is 4. The molecule has 116 valence electrons.